The van der Waals surface area contributed by atoms with Crippen LogP contribution in [0.4, 0.5) is 0 Å². The number of nitrogens with zero attached hydrogens (tertiary/aromatic N) is 3. The summed E-state index contributed by atoms with van der Waals surface area (Å²) >= 11 is 7.95. The van der Waals surface area contributed by atoms with Crippen molar-refractivity contribution in [3.05, 3.63) is 32.5 Å². The van der Waals surface area contributed by atoms with Gasteiger partial charge in [-0.25, -0.2) is 4.98 Å². The van der Waals surface area contributed by atoms with Crippen LogP contribution < -0.4 is 5.73 Å². The van der Waals surface area contributed by atoms with Gasteiger partial charge in [0.25, 0.3) is 0 Å². The van der Waals surface area contributed by atoms with E-state index in [2.05, 4.69) is 10.1 Å². The van der Waals surface area contributed by atoms with Crippen LogP contribution in [0.1, 0.15) is 34.2 Å². The van der Waals surface area contributed by atoms with Crippen LogP contribution in [-0.2, 0) is 19.9 Å². The molecule has 18 heavy (non-hydrogen) atoms. The Labute approximate surface area is 116 Å². The second-order valence-electron chi connectivity index (χ2n) is 4.28. The average Bonchev–Trinajstić information content (AvgIpc) is 2.87. The zero-order valence-corrected chi connectivity index (χ0v) is 12.3. The average molecular weight is 285 g/mol. The summed E-state index contributed by atoms with van der Waals surface area (Å²) in [5.41, 5.74) is 8.12. The van der Waals surface area contributed by atoms with E-state index in [1.165, 1.54) is 0 Å². The van der Waals surface area contributed by atoms with E-state index < -0.39 is 0 Å². The first-order chi connectivity index (χ1) is 8.52. The minimum Gasteiger partial charge on any atom is -0.323 e. The number of aromatic nitrogens is 3. The molecule has 0 saturated carbocycles. The van der Waals surface area contributed by atoms with Crippen molar-refractivity contribution in [2.45, 2.75) is 32.7 Å². The van der Waals surface area contributed by atoms with Gasteiger partial charge in [0.05, 0.1) is 21.4 Å². The molecule has 0 amide bonds. The van der Waals surface area contributed by atoms with Gasteiger partial charge in [-0.2, -0.15) is 5.10 Å². The Bertz CT molecular complexity index is 546. The normalized spacial score (nSPS) is 12.9. The predicted octanol–water partition coefficient (Wildman–Crippen LogP) is 2.64. The van der Waals surface area contributed by atoms with Crippen LogP contribution >= 0.6 is 22.9 Å². The molecule has 4 nitrogen and oxygen atoms in total. The fourth-order valence-corrected chi connectivity index (χ4v) is 3.06. The molecular weight excluding hydrogens is 268 g/mol. The molecule has 1 unspecified atom stereocenters. The number of rotatable bonds is 4. The van der Waals surface area contributed by atoms with Gasteiger partial charge in [0.15, 0.2) is 0 Å². The minimum atomic E-state index is -0.0752. The molecule has 2 aromatic rings. The topological polar surface area (TPSA) is 56.7 Å². The lowest BCUT2D eigenvalue weighted by Crippen LogP contribution is -2.14. The summed E-state index contributed by atoms with van der Waals surface area (Å²) in [7, 11) is 1.91. The van der Waals surface area contributed by atoms with Crippen LogP contribution in [0.25, 0.3) is 0 Å². The maximum absolute atomic E-state index is 6.32. The lowest BCUT2D eigenvalue weighted by atomic mass is 10.1. The molecule has 2 rings (SSSR count). The maximum Gasteiger partial charge on any atom is 0.0897 e. The number of hydrogen-bond acceptors (Lipinski definition) is 4. The Morgan fingerprint density at radius 2 is 2.28 bits per heavy atom. The molecular formula is C12H17ClN4S. The van der Waals surface area contributed by atoms with Gasteiger partial charge >= 0.3 is 0 Å². The van der Waals surface area contributed by atoms with Gasteiger partial charge in [-0.1, -0.05) is 18.5 Å². The summed E-state index contributed by atoms with van der Waals surface area (Å²) in [5.74, 6) is 0. The van der Waals surface area contributed by atoms with Crippen molar-refractivity contribution in [2.75, 3.05) is 0 Å². The van der Waals surface area contributed by atoms with Gasteiger partial charge in [-0.05, 0) is 13.3 Å². The summed E-state index contributed by atoms with van der Waals surface area (Å²) in [5, 5.41) is 6.18. The fraction of sp³-hybridized carbons (Fsp3) is 0.500. The molecule has 0 aliphatic rings. The largest absolute Gasteiger partial charge is 0.323 e. The molecule has 2 N–H and O–H groups in total. The smallest absolute Gasteiger partial charge is 0.0897 e. The molecule has 0 spiro atoms. The summed E-state index contributed by atoms with van der Waals surface area (Å²) in [4.78, 5) is 5.31. The molecule has 98 valence electrons. The molecule has 0 aliphatic heterocycles. The van der Waals surface area contributed by atoms with Crippen molar-refractivity contribution in [3.63, 3.8) is 0 Å². The van der Waals surface area contributed by atoms with Gasteiger partial charge in [-0.3, -0.25) is 4.68 Å². The van der Waals surface area contributed by atoms with Crippen LogP contribution in [0.2, 0.25) is 5.02 Å². The SMILES string of the molecule is CCc1nn(C)c(CC(N)c2cnc(C)s2)c1Cl. The quantitative estimate of drug-likeness (QED) is 0.939. The summed E-state index contributed by atoms with van der Waals surface area (Å²) in [6.07, 6.45) is 3.36. The highest BCUT2D eigenvalue weighted by atomic mass is 35.5. The van der Waals surface area contributed by atoms with E-state index in [0.29, 0.717) is 6.42 Å². The molecule has 0 aromatic carbocycles. The van der Waals surface area contributed by atoms with Crippen molar-refractivity contribution in [1.29, 1.82) is 0 Å². The monoisotopic (exact) mass is 284 g/mol. The van der Waals surface area contributed by atoms with Crippen molar-refractivity contribution < 1.29 is 0 Å². The molecule has 0 saturated heterocycles. The van der Waals surface area contributed by atoms with Crippen molar-refractivity contribution in [1.82, 2.24) is 14.8 Å². The first kappa shape index (κ1) is 13.5. The molecule has 2 aromatic heterocycles. The Morgan fingerprint density at radius 1 is 1.56 bits per heavy atom. The van der Waals surface area contributed by atoms with E-state index in [1.807, 2.05) is 31.8 Å². The molecule has 0 aliphatic carbocycles. The standard InChI is InChI=1S/C12H17ClN4S/c1-4-9-12(13)10(17(3)16-9)5-8(14)11-6-15-7(2)18-11/h6,8H,4-5,14H2,1-3H3. The van der Waals surface area contributed by atoms with Gasteiger partial charge in [0, 0.05) is 30.6 Å². The van der Waals surface area contributed by atoms with Crippen LogP contribution in [0.3, 0.4) is 0 Å². The molecule has 2 heterocycles. The van der Waals surface area contributed by atoms with Crippen LogP contribution in [0.5, 0.6) is 0 Å². The fourth-order valence-electron chi connectivity index (χ4n) is 1.90. The Hall–Kier alpha value is -0.910. The predicted molar refractivity (Wildman–Crippen MR) is 75.1 cm³/mol. The number of nitrogens with two attached hydrogens (primary N) is 1. The van der Waals surface area contributed by atoms with Crippen LogP contribution in [-0.4, -0.2) is 14.8 Å². The Morgan fingerprint density at radius 3 is 2.78 bits per heavy atom. The van der Waals surface area contributed by atoms with Gasteiger partial charge in [-0.15, -0.1) is 11.3 Å². The number of halogens is 1. The van der Waals surface area contributed by atoms with Crippen molar-refractivity contribution in [3.8, 4) is 0 Å². The number of hydrogen-bond donors (Lipinski definition) is 1. The second-order valence-corrected chi connectivity index (χ2v) is 5.92. The first-order valence-electron chi connectivity index (χ1n) is 5.91. The van der Waals surface area contributed by atoms with Gasteiger partial charge in [0.2, 0.25) is 0 Å². The third-order valence-corrected chi connectivity index (χ3v) is 4.40. The summed E-state index contributed by atoms with van der Waals surface area (Å²) in [6.45, 7) is 4.03. The van der Waals surface area contributed by atoms with Crippen LogP contribution in [0.15, 0.2) is 6.20 Å². The molecule has 6 heteroatoms. The van der Waals surface area contributed by atoms with Crippen molar-refractivity contribution >= 4 is 22.9 Å². The molecule has 1 atom stereocenters. The minimum absolute atomic E-state index is 0.0752. The van der Waals surface area contributed by atoms with E-state index >= 15 is 0 Å². The van der Waals surface area contributed by atoms with Gasteiger partial charge < -0.3 is 5.73 Å². The third-order valence-electron chi connectivity index (χ3n) is 2.92. The molecule has 0 fully saturated rings. The molecule has 0 radical (unpaired) electrons. The number of aryl methyl sites for hydroxylation is 3. The van der Waals surface area contributed by atoms with E-state index in [9.17, 15) is 0 Å². The highest BCUT2D eigenvalue weighted by Crippen LogP contribution is 2.27. The van der Waals surface area contributed by atoms with E-state index in [1.54, 1.807) is 11.3 Å². The zero-order valence-electron chi connectivity index (χ0n) is 10.8. The van der Waals surface area contributed by atoms with E-state index in [0.717, 1.165) is 32.7 Å². The van der Waals surface area contributed by atoms with Crippen LogP contribution in [0, 0.1) is 6.92 Å². The lowest BCUT2D eigenvalue weighted by molar-refractivity contribution is 0.643. The van der Waals surface area contributed by atoms with Gasteiger partial charge in [0.1, 0.15) is 0 Å². The second kappa shape index (κ2) is 5.38. The summed E-state index contributed by atoms with van der Waals surface area (Å²) in [6, 6.07) is -0.0752. The lowest BCUT2D eigenvalue weighted by Gasteiger charge is -2.09. The Balaban J connectivity index is 2.21. The maximum atomic E-state index is 6.32. The summed E-state index contributed by atoms with van der Waals surface area (Å²) < 4.78 is 1.83. The van der Waals surface area contributed by atoms with E-state index in [4.69, 9.17) is 17.3 Å². The zero-order chi connectivity index (χ0) is 13.3. The Kier molecular flexibility index (Phi) is 4.04. The highest BCUT2D eigenvalue weighted by molar-refractivity contribution is 7.11. The highest BCUT2D eigenvalue weighted by Gasteiger charge is 2.18. The van der Waals surface area contributed by atoms with Crippen molar-refractivity contribution in [2.24, 2.45) is 12.8 Å². The third kappa shape index (κ3) is 2.58. The van der Waals surface area contributed by atoms with E-state index in [-0.39, 0.29) is 6.04 Å². The first-order valence-corrected chi connectivity index (χ1v) is 7.10. The molecule has 0 bridgehead atoms. The number of thiazole rings is 1.